The molecule has 0 aliphatic carbocycles. The fourth-order valence-electron chi connectivity index (χ4n) is 1.96. The minimum Gasteiger partial charge on any atom is -0.435 e. The molecule has 8 heteroatoms. The van der Waals surface area contributed by atoms with E-state index in [9.17, 15) is 18.7 Å². The van der Waals surface area contributed by atoms with Crippen LogP contribution in [0.4, 0.5) is 20.3 Å². The normalized spacial score (nSPS) is 11.9. The fraction of sp³-hybridized carbons (Fsp3) is 0.188. The van der Waals surface area contributed by atoms with Crippen molar-refractivity contribution in [2.24, 2.45) is 0 Å². The van der Waals surface area contributed by atoms with Crippen LogP contribution < -0.4 is 10.1 Å². The number of nitrogens with zero attached hydrogens (tertiary/aromatic N) is 1. The number of aromatic nitrogens is 1. The third kappa shape index (κ3) is 4.32. The number of pyridine rings is 1. The van der Waals surface area contributed by atoms with Crippen molar-refractivity contribution in [3.05, 3.63) is 47.7 Å². The summed E-state index contributed by atoms with van der Waals surface area (Å²) in [4.78, 5) is 14.9. The van der Waals surface area contributed by atoms with E-state index in [1.165, 1.54) is 37.4 Å². The molecule has 3 N–H and O–H groups in total. The summed E-state index contributed by atoms with van der Waals surface area (Å²) in [6.45, 7) is -1.53. The van der Waals surface area contributed by atoms with Crippen LogP contribution >= 0.6 is 0 Å². The van der Waals surface area contributed by atoms with Crippen molar-refractivity contribution in [2.45, 2.75) is 19.6 Å². The molecule has 2 rings (SSSR count). The zero-order valence-corrected chi connectivity index (χ0v) is 12.7. The summed E-state index contributed by atoms with van der Waals surface area (Å²) in [6, 6.07) is 7.25. The van der Waals surface area contributed by atoms with Gasteiger partial charge in [-0.2, -0.15) is 8.78 Å². The number of rotatable bonds is 7. The van der Waals surface area contributed by atoms with Crippen LogP contribution in [0.2, 0.25) is 0 Å². The number of halogens is 2. The van der Waals surface area contributed by atoms with Crippen LogP contribution in [-0.2, 0) is 0 Å². The quantitative estimate of drug-likeness (QED) is 0.534. The number of nitrogens with one attached hydrogen (secondary N) is 2. The topological polar surface area (TPSA) is 95.3 Å². The molecule has 2 aromatic rings. The predicted molar refractivity (Wildman–Crippen MR) is 84.5 cm³/mol. The van der Waals surface area contributed by atoms with E-state index < -0.39 is 12.7 Å². The zero-order valence-electron chi connectivity index (χ0n) is 12.7. The maximum absolute atomic E-state index is 12.3. The SMILES string of the molecule is CC(O)C(=N)c1cc(C=O)cnc1Nc1cccc(OC(F)F)c1. The molecular weight excluding hydrogens is 320 g/mol. The third-order valence-electron chi connectivity index (χ3n) is 3.07. The molecule has 0 aliphatic rings. The Bertz CT molecular complexity index is 751. The number of benzene rings is 1. The molecule has 1 aromatic carbocycles. The van der Waals surface area contributed by atoms with Gasteiger partial charge in [-0.05, 0) is 25.1 Å². The van der Waals surface area contributed by atoms with Gasteiger partial charge in [0.2, 0.25) is 0 Å². The lowest BCUT2D eigenvalue weighted by Crippen LogP contribution is -2.18. The molecule has 6 nitrogen and oxygen atoms in total. The number of aliphatic hydroxyl groups excluding tert-OH is 1. The van der Waals surface area contributed by atoms with Gasteiger partial charge in [0.25, 0.3) is 0 Å². The highest BCUT2D eigenvalue weighted by atomic mass is 19.3. The number of hydrogen-bond donors (Lipinski definition) is 3. The first kappa shape index (κ1) is 17.5. The van der Waals surface area contributed by atoms with Gasteiger partial charge < -0.3 is 20.6 Å². The highest BCUT2D eigenvalue weighted by Gasteiger charge is 2.15. The van der Waals surface area contributed by atoms with Gasteiger partial charge in [0, 0.05) is 29.1 Å². The molecule has 126 valence electrons. The van der Waals surface area contributed by atoms with Gasteiger partial charge in [0.15, 0.2) is 6.29 Å². The number of hydrogen-bond acceptors (Lipinski definition) is 6. The van der Waals surface area contributed by atoms with E-state index in [1.54, 1.807) is 6.07 Å². The van der Waals surface area contributed by atoms with Gasteiger partial charge in [0.05, 0.1) is 11.8 Å². The maximum atomic E-state index is 12.3. The number of carbonyl (C=O) groups is 1. The second-order valence-corrected chi connectivity index (χ2v) is 4.90. The Labute approximate surface area is 136 Å². The van der Waals surface area contributed by atoms with Crippen molar-refractivity contribution in [1.29, 1.82) is 5.41 Å². The zero-order chi connectivity index (χ0) is 17.7. The summed E-state index contributed by atoms with van der Waals surface area (Å²) in [6.07, 6.45) is 0.808. The Hall–Kier alpha value is -2.87. The molecule has 1 atom stereocenters. The third-order valence-corrected chi connectivity index (χ3v) is 3.07. The Morgan fingerprint density at radius 2 is 2.17 bits per heavy atom. The Morgan fingerprint density at radius 1 is 1.42 bits per heavy atom. The predicted octanol–water partition coefficient (Wildman–Crippen LogP) is 2.99. The van der Waals surface area contributed by atoms with Crippen LogP contribution in [0.15, 0.2) is 36.5 Å². The lowest BCUT2D eigenvalue weighted by Gasteiger charge is -2.14. The van der Waals surface area contributed by atoms with E-state index in [0.717, 1.165) is 0 Å². The summed E-state index contributed by atoms with van der Waals surface area (Å²) in [5.41, 5.74) is 0.748. The molecule has 1 aromatic heterocycles. The van der Waals surface area contributed by atoms with Crippen molar-refractivity contribution in [2.75, 3.05) is 5.32 Å². The number of carbonyl (C=O) groups excluding carboxylic acids is 1. The molecular formula is C16H15F2N3O3. The van der Waals surface area contributed by atoms with Gasteiger partial charge in [0.1, 0.15) is 11.6 Å². The molecule has 0 radical (unpaired) electrons. The van der Waals surface area contributed by atoms with Crippen LogP contribution in [0, 0.1) is 5.41 Å². The Balaban J connectivity index is 2.35. The van der Waals surface area contributed by atoms with Gasteiger partial charge in [-0.3, -0.25) is 4.79 Å². The lowest BCUT2D eigenvalue weighted by molar-refractivity contribution is -0.0498. The van der Waals surface area contributed by atoms with Gasteiger partial charge >= 0.3 is 6.61 Å². The molecule has 0 aliphatic heterocycles. The van der Waals surface area contributed by atoms with Crippen molar-refractivity contribution >= 4 is 23.5 Å². The maximum Gasteiger partial charge on any atom is 0.387 e. The minimum absolute atomic E-state index is 0.0355. The van der Waals surface area contributed by atoms with E-state index in [-0.39, 0.29) is 28.4 Å². The summed E-state index contributed by atoms with van der Waals surface area (Å²) >= 11 is 0. The van der Waals surface area contributed by atoms with E-state index in [4.69, 9.17) is 5.41 Å². The van der Waals surface area contributed by atoms with Crippen LogP contribution in [0.3, 0.4) is 0 Å². The number of anilines is 2. The number of ether oxygens (including phenoxy) is 1. The monoisotopic (exact) mass is 335 g/mol. The average Bonchev–Trinajstić information content (AvgIpc) is 2.54. The second kappa shape index (κ2) is 7.60. The van der Waals surface area contributed by atoms with E-state index >= 15 is 0 Å². The summed E-state index contributed by atoms with van der Waals surface area (Å²) < 4.78 is 28.9. The van der Waals surface area contributed by atoms with E-state index in [1.807, 2.05) is 0 Å². The fourth-order valence-corrected chi connectivity index (χ4v) is 1.96. The van der Waals surface area contributed by atoms with Crippen LogP contribution in [-0.4, -0.2) is 34.8 Å². The smallest absolute Gasteiger partial charge is 0.387 e. The van der Waals surface area contributed by atoms with Crippen LogP contribution in [0.5, 0.6) is 5.75 Å². The molecule has 0 bridgehead atoms. The summed E-state index contributed by atoms with van der Waals surface area (Å²) in [7, 11) is 0. The second-order valence-electron chi connectivity index (χ2n) is 4.90. The summed E-state index contributed by atoms with van der Waals surface area (Å²) in [5.74, 6) is 0.173. The summed E-state index contributed by atoms with van der Waals surface area (Å²) in [5, 5.41) is 20.4. The van der Waals surface area contributed by atoms with Crippen molar-refractivity contribution < 1.29 is 23.4 Å². The van der Waals surface area contributed by atoms with Crippen molar-refractivity contribution in [1.82, 2.24) is 4.98 Å². The first-order valence-corrected chi connectivity index (χ1v) is 6.94. The molecule has 24 heavy (non-hydrogen) atoms. The highest BCUT2D eigenvalue weighted by molar-refractivity contribution is 6.06. The Kier molecular flexibility index (Phi) is 5.54. The molecule has 0 saturated heterocycles. The number of alkyl halides is 2. The van der Waals surface area contributed by atoms with Gasteiger partial charge in [-0.15, -0.1) is 0 Å². The molecule has 0 fully saturated rings. The highest BCUT2D eigenvalue weighted by Crippen LogP contribution is 2.24. The standard InChI is InChI=1S/C16H15F2N3O3/c1-9(23)14(19)13-5-10(8-22)7-20-15(13)21-11-3-2-4-12(6-11)24-16(17)18/h2-9,16,19,23H,1H3,(H,20,21). The molecule has 0 spiro atoms. The van der Waals surface area contributed by atoms with E-state index in [2.05, 4.69) is 15.0 Å². The van der Waals surface area contributed by atoms with Gasteiger partial charge in [-0.25, -0.2) is 4.98 Å². The van der Waals surface area contributed by atoms with Crippen LogP contribution in [0.1, 0.15) is 22.8 Å². The molecule has 1 heterocycles. The molecule has 0 saturated carbocycles. The van der Waals surface area contributed by atoms with Crippen molar-refractivity contribution in [3.8, 4) is 5.75 Å². The first-order chi connectivity index (χ1) is 11.4. The molecule has 0 amide bonds. The first-order valence-electron chi connectivity index (χ1n) is 6.94. The molecule has 1 unspecified atom stereocenters. The van der Waals surface area contributed by atoms with Crippen LogP contribution in [0.25, 0.3) is 0 Å². The van der Waals surface area contributed by atoms with Crippen molar-refractivity contribution in [3.63, 3.8) is 0 Å². The number of aldehydes is 1. The largest absolute Gasteiger partial charge is 0.435 e. The van der Waals surface area contributed by atoms with E-state index in [0.29, 0.717) is 12.0 Å². The lowest BCUT2D eigenvalue weighted by atomic mass is 10.1. The Morgan fingerprint density at radius 3 is 2.79 bits per heavy atom. The van der Waals surface area contributed by atoms with Gasteiger partial charge in [-0.1, -0.05) is 6.07 Å². The minimum atomic E-state index is -2.94. The number of aliphatic hydroxyl groups is 1. The average molecular weight is 335 g/mol.